The maximum absolute atomic E-state index is 13.4. The van der Waals surface area contributed by atoms with Crippen molar-refractivity contribution in [3.63, 3.8) is 0 Å². The second-order valence-electron chi connectivity index (χ2n) is 7.71. The van der Waals surface area contributed by atoms with Gasteiger partial charge in [0.25, 0.3) is 5.91 Å². The van der Waals surface area contributed by atoms with Crippen LogP contribution in [-0.2, 0) is 4.79 Å². The fourth-order valence-electron chi connectivity index (χ4n) is 3.30. The highest BCUT2D eigenvalue weighted by atomic mass is 19.4. The summed E-state index contributed by atoms with van der Waals surface area (Å²) in [4.78, 5) is 33.1. The second kappa shape index (κ2) is 8.80. The van der Waals surface area contributed by atoms with Crippen LogP contribution in [0.25, 0.3) is 10.9 Å². The number of methoxy groups -OCH3 is 1. The fraction of sp³-hybridized carbons (Fsp3) is 0.381. The van der Waals surface area contributed by atoms with Crippen molar-refractivity contribution in [1.82, 2.24) is 25.1 Å². The van der Waals surface area contributed by atoms with Crippen molar-refractivity contribution in [2.75, 3.05) is 24.7 Å². The molecule has 3 aromatic heterocycles. The maximum atomic E-state index is 13.4. The quantitative estimate of drug-likeness (QED) is 0.474. The minimum atomic E-state index is -4.60. The van der Waals surface area contributed by atoms with Gasteiger partial charge in [0.15, 0.2) is 11.6 Å². The van der Waals surface area contributed by atoms with Gasteiger partial charge in [-0.3, -0.25) is 9.59 Å². The Hall–Kier alpha value is -3.90. The molecule has 34 heavy (non-hydrogen) atoms. The molecular weight excluding hydrogens is 455 g/mol. The topological polar surface area (TPSA) is 123 Å². The van der Waals surface area contributed by atoms with Crippen LogP contribution in [0.15, 0.2) is 24.7 Å². The summed E-state index contributed by atoms with van der Waals surface area (Å²) >= 11 is 0. The summed E-state index contributed by atoms with van der Waals surface area (Å²) in [5, 5.41) is 11.4. The summed E-state index contributed by atoms with van der Waals surface area (Å²) in [5.41, 5.74) is -0.251. The number of hydrogen-bond acceptors (Lipinski definition) is 7. The van der Waals surface area contributed by atoms with Crippen LogP contribution >= 0.6 is 0 Å². The van der Waals surface area contributed by atoms with E-state index >= 15 is 0 Å². The van der Waals surface area contributed by atoms with E-state index in [-0.39, 0.29) is 51.4 Å². The largest absolute Gasteiger partial charge is 0.491 e. The van der Waals surface area contributed by atoms with Crippen molar-refractivity contribution in [3.05, 3.63) is 30.2 Å². The molecule has 1 fully saturated rings. The SMILES string of the molecule is [2H]C([2H])([2H])NC(=O)c1cnc(NC(=O)C2CC2)cc1Nc1ncc2cnn(C(C)C(F)(F)F)c2c1OC. The van der Waals surface area contributed by atoms with Crippen molar-refractivity contribution < 1.29 is 31.6 Å². The van der Waals surface area contributed by atoms with Crippen LogP contribution in [0.3, 0.4) is 0 Å². The lowest BCUT2D eigenvalue weighted by molar-refractivity contribution is -0.164. The van der Waals surface area contributed by atoms with Crippen molar-refractivity contribution >= 4 is 40.0 Å². The lowest BCUT2D eigenvalue weighted by atomic mass is 10.2. The van der Waals surface area contributed by atoms with Crippen LogP contribution in [0.2, 0.25) is 0 Å². The molecule has 3 aromatic rings. The average Bonchev–Trinajstić information content (AvgIpc) is 3.56. The zero-order valence-electron chi connectivity index (χ0n) is 21.0. The normalized spacial score (nSPS) is 16.2. The summed E-state index contributed by atoms with van der Waals surface area (Å²) in [7, 11) is 1.23. The highest BCUT2D eigenvalue weighted by Gasteiger charge is 2.39. The predicted molar refractivity (Wildman–Crippen MR) is 117 cm³/mol. The lowest BCUT2D eigenvalue weighted by Gasteiger charge is -2.19. The number of halogens is 3. The van der Waals surface area contributed by atoms with Crippen molar-refractivity contribution in [3.8, 4) is 5.75 Å². The minimum Gasteiger partial charge on any atom is -0.491 e. The number of alkyl halides is 3. The van der Waals surface area contributed by atoms with Gasteiger partial charge in [-0.2, -0.15) is 18.3 Å². The van der Waals surface area contributed by atoms with Gasteiger partial charge in [-0.05, 0) is 19.8 Å². The van der Waals surface area contributed by atoms with Crippen molar-refractivity contribution in [2.24, 2.45) is 5.92 Å². The number of fused-ring (bicyclic) bond motifs is 1. The number of ether oxygens (including phenoxy) is 1. The Morgan fingerprint density at radius 3 is 2.68 bits per heavy atom. The van der Waals surface area contributed by atoms with Gasteiger partial charge >= 0.3 is 6.18 Å². The Balaban J connectivity index is 1.78. The summed E-state index contributed by atoms with van der Waals surface area (Å²) in [5.74, 6) is -1.53. The standard InChI is InChI=1S/C21H22F3N7O3/c1-10(21(22,23)24)31-16-12(8-28-31)7-27-18(17(16)34-3)29-14-6-15(30-19(32)11-4-5-11)26-9-13(14)20(33)25-2/h6-11H,4-5H2,1-3H3,(H,25,33)(H2,26,27,29,30,32)/i2D3. The molecule has 0 radical (unpaired) electrons. The molecule has 3 heterocycles. The van der Waals surface area contributed by atoms with Crippen LogP contribution in [0.5, 0.6) is 5.75 Å². The number of amides is 2. The zero-order chi connectivity index (χ0) is 27.1. The molecule has 3 N–H and O–H groups in total. The molecule has 1 unspecified atom stereocenters. The minimum absolute atomic E-state index is 0.00497. The molecule has 0 saturated heterocycles. The van der Waals surface area contributed by atoms with Gasteiger partial charge in [0.2, 0.25) is 5.91 Å². The van der Waals surface area contributed by atoms with E-state index in [2.05, 4.69) is 25.7 Å². The number of nitrogens with one attached hydrogen (secondary N) is 3. The molecule has 1 atom stereocenters. The van der Waals surface area contributed by atoms with E-state index in [1.165, 1.54) is 25.6 Å². The average molecular weight is 480 g/mol. The third-order valence-electron chi connectivity index (χ3n) is 5.35. The Bertz CT molecular complexity index is 1360. The third-order valence-corrected chi connectivity index (χ3v) is 5.35. The molecule has 1 saturated carbocycles. The monoisotopic (exact) mass is 480 g/mol. The molecule has 180 valence electrons. The van der Waals surface area contributed by atoms with E-state index in [0.717, 1.165) is 30.6 Å². The molecule has 0 bridgehead atoms. The predicted octanol–water partition coefficient (Wildman–Crippen LogP) is 3.41. The first-order chi connectivity index (χ1) is 17.3. The van der Waals surface area contributed by atoms with E-state index in [4.69, 9.17) is 8.85 Å². The first-order valence-corrected chi connectivity index (χ1v) is 10.2. The van der Waals surface area contributed by atoms with E-state index in [1.54, 1.807) is 0 Å². The Kier molecular flexibility index (Phi) is 5.06. The number of aromatic nitrogens is 4. The number of nitrogens with zero attached hydrogens (tertiary/aromatic N) is 4. The number of carbonyl (C=O) groups is 2. The number of anilines is 3. The number of hydrogen-bond donors (Lipinski definition) is 3. The van der Waals surface area contributed by atoms with E-state index in [0.29, 0.717) is 0 Å². The molecule has 0 spiro atoms. The highest BCUT2D eigenvalue weighted by Crippen LogP contribution is 2.39. The Labute approximate surface area is 196 Å². The molecule has 2 amide bonds. The van der Waals surface area contributed by atoms with Crippen LogP contribution in [0, 0.1) is 5.92 Å². The van der Waals surface area contributed by atoms with E-state index < -0.39 is 25.1 Å². The zero-order valence-corrected chi connectivity index (χ0v) is 18.0. The highest BCUT2D eigenvalue weighted by molar-refractivity contribution is 6.02. The molecule has 0 aromatic carbocycles. The lowest BCUT2D eigenvalue weighted by Crippen LogP contribution is -2.24. The second-order valence-corrected chi connectivity index (χ2v) is 7.71. The molecule has 1 aliphatic rings. The van der Waals surface area contributed by atoms with Crippen LogP contribution < -0.4 is 20.7 Å². The Morgan fingerprint density at radius 2 is 2.03 bits per heavy atom. The maximum Gasteiger partial charge on any atom is 0.410 e. The molecule has 0 aliphatic heterocycles. The van der Waals surface area contributed by atoms with Crippen molar-refractivity contribution in [1.29, 1.82) is 0 Å². The molecular formula is C21H22F3N7O3. The summed E-state index contributed by atoms with van der Waals surface area (Å²) < 4.78 is 68.4. The van der Waals surface area contributed by atoms with Gasteiger partial charge in [0, 0.05) is 40.9 Å². The Morgan fingerprint density at radius 1 is 1.26 bits per heavy atom. The summed E-state index contributed by atoms with van der Waals surface area (Å²) in [6, 6.07) is -0.699. The van der Waals surface area contributed by atoms with Gasteiger partial charge in [-0.1, -0.05) is 0 Å². The molecule has 13 heteroatoms. The van der Waals surface area contributed by atoms with Gasteiger partial charge < -0.3 is 20.7 Å². The van der Waals surface area contributed by atoms with Crippen molar-refractivity contribution in [2.45, 2.75) is 32.0 Å². The molecule has 10 nitrogen and oxygen atoms in total. The van der Waals surface area contributed by atoms with Gasteiger partial charge in [-0.25, -0.2) is 14.6 Å². The first kappa shape index (κ1) is 19.6. The van der Waals surface area contributed by atoms with Crippen LogP contribution in [0.4, 0.5) is 30.5 Å². The number of carbonyl (C=O) groups excluding carboxylic acids is 2. The van der Waals surface area contributed by atoms with E-state index in [1.807, 2.05) is 5.32 Å². The van der Waals surface area contributed by atoms with E-state index in [9.17, 15) is 22.8 Å². The molecule has 4 rings (SSSR count). The van der Waals surface area contributed by atoms with Crippen LogP contribution in [0.1, 0.15) is 40.3 Å². The number of pyridine rings is 2. The smallest absolute Gasteiger partial charge is 0.410 e. The van der Waals surface area contributed by atoms with Crippen LogP contribution in [-0.4, -0.2) is 51.8 Å². The van der Waals surface area contributed by atoms with Gasteiger partial charge in [0.1, 0.15) is 17.4 Å². The first-order valence-electron chi connectivity index (χ1n) is 11.7. The summed E-state index contributed by atoms with van der Waals surface area (Å²) in [6.45, 7) is -1.86. The molecule has 1 aliphatic carbocycles. The van der Waals surface area contributed by atoms with Gasteiger partial charge in [0.05, 0.1) is 24.6 Å². The van der Waals surface area contributed by atoms with Gasteiger partial charge in [-0.15, -0.1) is 0 Å². The fourth-order valence-corrected chi connectivity index (χ4v) is 3.30. The third kappa shape index (κ3) is 4.45. The summed E-state index contributed by atoms with van der Waals surface area (Å²) in [6.07, 6.45) is 0.423. The number of rotatable bonds is 7.